The monoisotopic (exact) mass is 506 g/mol. The van der Waals surface area contributed by atoms with Crippen LogP contribution in [0.2, 0.25) is 0 Å². The zero-order chi connectivity index (χ0) is 27.2. The molecule has 0 aromatic heterocycles. The summed E-state index contributed by atoms with van der Waals surface area (Å²) in [5.74, 6) is -3.75. The number of ether oxygens (including phenoxy) is 4. The summed E-state index contributed by atoms with van der Waals surface area (Å²) in [6, 6.07) is 0. The van der Waals surface area contributed by atoms with Gasteiger partial charge >= 0.3 is 23.9 Å². The van der Waals surface area contributed by atoms with Crippen molar-refractivity contribution in [3.05, 3.63) is 34.9 Å². The van der Waals surface area contributed by atoms with E-state index in [9.17, 15) is 29.4 Å². The van der Waals surface area contributed by atoms with Crippen LogP contribution in [0.4, 0.5) is 0 Å². The summed E-state index contributed by atoms with van der Waals surface area (Å²) in [6.07, 6.45) is -1.04. The van der Waals surface area contributed by atoms with Crippen LogP contribution in [0.25, 0.3) is 0 Å². The van der Waals surface area contributed by atoms with Gasteiger partial charge in [0.05, 0.1) is 5.60 Å². The first-order valence-corrected chi connectivity index (χ1v) is 11.8. The standard InChI is InChI=1S/C26H34O10/c1-12-10-17-20(13(2)24(31)36-17)21(34-15(4)28)22-25(6,9-8-19(30)26(22,7)32)23(35-16(5)29)18(11-12)33-14(3)27/h8-10,17-19,21-23,30,32H,11H2,1-7H3/b12-10-/t17-,18+,19+,21?,22+,23-,25-,26+/m0/s1. The van der Waals surface area contributed by atoms with E-state index < -0.39 is 71.3 Å². The second-order valence-electron chi connectivity index (χ2n) is 10.2. The Bertz CT molecular complexity index is 1050. The van der Waals surface area contributed by atoms with Crippen LogP contribution >= 0.6 is 0 Å². The number of aliphatic hydroxyl groups excluding tert-OH is 1. The molecule has 10 nitrogen and oxygen atoms in total. The van der Waals surface area contributed by atoms with E-state index in [-0.39, 0.29) is 12.0 Å². The van der Waals surface area contributed by atoms with Crippen molar-refractivity contribution in [2.75, 3.05) is 0 Å². The molecule has 198 valence electrons. The molecule has 8 atom stereocenters. The number of fused-ring (bicyclic) bond motifs is 2. The SMILES string of the molecule is CC(=O)OC1C2=C(C)C(=O)O[C@H]2/C=C(/C)C[C@@H](OC(C)=O)[C@H](OC(C)=O)[C@@]2(C)C=C[C@@H](O)[C@@](C)(O)[C@H]12. The largest absolute Gasteiger partial charge is 0.458 e. The van der Waals surface area contributed by atoms with Gasteiger partial charge in [-0.1, -0.05) is 24.6 Å². The maximum absolute atomic E-state index is 12.6. The number of aliphatic hydroxyl groups is 2. The van der Waals surface area contributed by atoms with Gasteiger partial charge in [-0.05, 0) is 26.8 Å². The highest BCUT2D eigenvalue weighted by molar-refractivity contribution is 5.92. The smallest absolute Gasteiger partial charge is 0.334 e. The molecule has 0 fully saturated rings. The van der Waals surface area contributed by atoms with E-state index in [0.29, 0.717) is 11.1 Å². The van der Waals surface area contributed by atoms with Gasteiger partial charge in [0.15, 0.2) is 0 Å². The molecule has 0 bridgehead atoms. The van der Waals surface area contributed by atoms with Crippen LogP contribution in [0.15, 0.2) is 34.9 Å². The van der Waals surface area contributed by atoms with E-state index in [2.05, 4.69) is 0 Å². The van der Waals surface area contributed by atoms with Crippen molar-refractivity contribution in [2.45, 2.75) is 91.0 Å². The van der Waals surface area contributed by atoms with Gasteiger partial charge in [0.25, 0.3) is 0 Å². The van der Waals surface area contributed by atoms with E-state index in [0.717, 1.165) is 0 Å². The molecule has 0 radical (unpaired) electrons. The molecule has 1 unspecified atom stereocenters. The fraction of sp³-hybridized carbons (Fsp3) is 0.615. The average molecular weight is 507 g/mol. The lowest BCUT2D eigenvalue weighted by atomic mass is 9.56. The van der Waals surface area contributed by atoms with Crippen molar-refractivity contribution in [2.24, 2.45) is 11.3 Å². The summed E-state index contributed by atoms with van der Waals surface area (Å²) in [5.41, 5.74) is -2.10. The third-order valence-corrected chi connectivity index (χ3v) is 7.24. The van der Waals surface area contributed by atoms with Crippen LogP contribution < -0.4 is 0 Å². The maximum atomic E-state index is 12.6. The van der Waals surface area contributed by atoms with Gasteiger partial charge in [0.2, 0.25) is 0 Å². The lowest BCUT2D eigenvalue weighted by Crippen LogP contribution is -2.65. The highest BCUT2D eigenvalue weighted by Crippen LogP contribution is 2.53. The zero-order valence-corrected chi connectivity index (χ0v) is 21.6. The van der Waals surface area contributed by atoms with Crippen LogP contribution in [0, 0.1) is 11.3 Å². The number of hydrogen-bond donors (Lipinski definition) is 2. The van der Waals surface area contributed by atoms with Crippen molar-refractivity contribution in [3.8, 4) is 0 Å². The Balaban J connectivity index is 2.41. The van der Waals surface area contributed by atoms with Crippen LogP contribution in [-0.2, 0) is 38.1 Å². The summed E-state index contributed by atoms with van der Waals surface area (Å²) < 4.78 is 22.7. The molecule has 1 heterocycles. The Hall–Kier alpha value is -2.98. The second-order valence-corrected chi connectivity index (χ2v) is 10.2. The Labute approximate surface area is 209 Å². The molecular weight excluding hydrogens is 472 g/mol. The number of esters is 4. The summed E-state index contributed by atoms with van der Waals surface area (Å²) in [5, 5.41) is 22.5. The number of hydrogen-bond acceptors (Lipinski definition) is 10. The van der Waals surface area contributed by atoms with Crippen LogP contribution in [0.5, 0.6) is 0 Å². The first kappa shape index (κ1) is 27.6. The van der Waals surface area contributed by atoms with Gasteiger partial charge in [0.1, 0.15) is 30.5 Å². The lowest BCUT2D eigenvalue weighted by Gasteiger charge is -2.54. The van der Waals surface area contributed by atoms with Gasteiger partial charge in [0, 0.05) is 49.7 Å². The average Bonchev–Trinajstić information content (AvgIpc) is 2.99. The fourth-order valence-corrected chi connectivity index (χ4v) is 5.75. The third-order valence-electron chi connectivity index (χ3n) is 7.24. The minimum atomic E-state index is -1.94. The highest BCUT2D eigenvalue weighted by atomic mass is 16.6. The van der Waals surface area contributed by atoms with E-state index in [4.69, 9.17) is 18.9 Å². The Morgan fingerprint density at radius 2 is 1.61 bits per heavy atom. The number of carbonyl (C=O) groups is 4. The van der Waals surface area contributed by atoms with E-state index in [1.807, 2.05) is 0 Å². The molecule has 3 aliphatic rings. The molecule has 0 aromatic carbocycles. The Morgan fingerprint density at radius 1 is 1.03 bits per heavy atom. The Kier molecular flexibility index (Phi) is 7.53. The maximum Gasteiger partial charge on any atom is 0.334 e. The molecule has 3 rings (SSSR count). The number of rotatable bonds is 3. The highest BCUT2D eigenvalue weighted by Gasteiger charge is 2.62. The second kappa shape index (κ2) is 9.82. The van der Waals surface area contributed by atoms with Crippen LogP contribution in [0.3, 0.4) is 0 Å². The molecule has 0 amide bonds. The molecule has 2 N–H and O–H groups in total. The third kappa shape index (κ3) is 4.97. The molecule has 0 saturated heterocycles. The van der Waals surface area contributed by atoms with E-state index in [1.165, 1.54) is 40.7 Å². The topological polar surface area (TPSA) is 146 Å². The van der Waals surface area contributed by atoms with Crippen molar-refractivity contribution in [1.82, 2.24) is 0 Å². The summed E-state index contributed by atoms with van der Waals surface area (Å²) >= 11 is 0. The first-order chi connectivity index (χ1) is 16.6. The normalized spacial score (nSPS) is 39.7. The van der Waals surface area contributed by atoms with Gasteiger partial charge in [-0.15, -0.1) is 0 Å². The van der Waals surface area contributed by atoms with E-state index in [1.54, 1.807) is 26.0 Å². The minimum absolute atomic E-state index is 0.122. The molecule has 10 heteroatoms. The lowest BCUT2D eigenvalue weighted by molar-refractivity contribution is -0.209. The van der Waals surface area contributed by atoms with Gasteiger partial charge < -0.3 is 29.2 Å². The van der Waals surface area contributed by atoms with Crippen molar-refractivity contribution in [3.63, 3.8) is 0 Å². The van der Waals surface area contributed by atoms with Crippen molar-refractivity contribution in [1.29, 1.82) is 0 Å². The predicted octanol–water partition coefficient (Wildman–Crippen LogP) is 1.68. The minimum Gasteiger partial charge on any atom is -0.458 e. The molecular formula is C26H34O10. The van der Waals surface area contributed by atoms with E-state index >= 15 is 0 Å². The van der Waals surface area contributed by atoms with Gasteiger partial charge in [-0.3, -0.25) is 14.4 Å². The number of carbonyl (C=O) groups excluding carboxylic acids is 4. The predicted molar refractivity (Wildman–Crippen MR) is 125 cm³/mol. The fourth-order valence-electron chi connectivity index (χ4n) is 5.75. The van der Waals surface area contributed by atoms with Crippen molar-refractivity contribution >= 4 is 23.9 Å². The van der Waals surface area contributed by atoms with Crippen LogP contribution in [-0.4, -0.2) is 70.2 Å². The van der Waals surface area contributed by atoms with Gasteiger partial charge in [-0.2, -0.15) is 0 Å². The quantitative estimate of drug-likeness (QED) is 0.329. The van der Waals surface area contributed by atoms with Crippen molar-refractivity contribution < 1.29 is 48.3 Å². The first-order valence-electron chi connectivity index (χ1n) is 11.8. The summed E-state index contributed by atoms with van der Waals surface area (Å²) in [4.78, 5) is 49.4. The van der Waals surface area contributed by atoms with Crippen LogP contribution in [0.1, 0.15) is 54.9 Å². The Morgan fingerprint density at radius 3 is 2.17 bits per heavy atom. The molecule has 0 saturated carbocycles. The van der Waals surface area contributed by atoms with Gasteiger partial charge in [-0.25, -0.2) is 4.79 Å². The molecule has 0 spiro atoms. The molecule has 2 aliphatic carbocycles. The molecule has 36 heavy (non-hydrogen) atoms. The zero-order valence-electron chi connectivity index (χ0n) is 21.6. The summed E-state index contributed by atoms with van der Waals surface area (Å²) in [6.45, 7) is 9.95. The molecule has 1 aliphatic heterocycles. The molecule has 0 aromatic rings. The summed E-state index contributed by atoms with van der Waals surface area (Å²) in [7, 11) is 0.